The van der Waals surface area contributed by atoms with E-state index >= 15 is 8.78 Å². The van der Waals surface area contributed by atoms with Crippen molar-refractivity contribution in [1.82, 2.24) is 25.4 Å². The topological polar surface area (TPSA) is 133 Å². The molecule has 1 aromatic carbocycles. The molecule has 1 aromatic heterocycles. The number of nitrogens with one attached hydrogen (secondary N) is 3. The van der Waals surface area contributed by atoms with E-state index in [0.717, 1.165) is 56.6 Å². The molecule has 4 rings (SSSR count). The molecule has 2 fully saturated rings. The molecule has 2 atom stereocenters. The highest BCUT2D eigenvalue weighted by molar-refractivity contribution is 5.98. The molecule has 1 aliphatic carbocycles. The number of halogens is 2. The smallest absolute Gasteiger partial charge is 0.351 e. The maximum atomic E-state index is 15.2. The van der Waals surface area contributed by atoms with Gasteiger partial charge in [0.15, 0.2) is 0 Å². The minimum Gasteiger partial charge on any atom is -0.481 e. The van der Waals surface area contributed by atoms with E-state index in [4.69, 9.17) is 4.74 Å². The van der Waals surface area contributed by atoms with Gasteiger partial charge in [-0.05, 0) is 49.6 Å². The number of piperazine rings is 1. The van der Waals surface area contributed by atoms with E-state index in [1.807, 2.05) is 7.05 Å². The summed E-state index contributed by atoms with van der Waals surface area (Å²) in [7, 11) is 3.36. The maximum Gasteiger partial charge on any atom is 0.351 e. The third-order valence-corrected chi connectivity index (χ3v) is 8.96. The van der Waals surface area contributed by atoms with E-state index in [1.165, 1.54) is 13.2 Å². The van der Waals surface area contributed by atoms with Gasteiger partial charge in [-0.2, -0.15) is 8.78 Å². The maximum absolute atomic E-state index is 15.2. The summed E-state index contributed by atoms with van der Waals surface area (Å²) in [6.45, 7) is 4.41. The van der Waals surface area contributed by atoms with Crippen LogP contribution in [-0.4, -0.2) is 90.8 Å². The summed E-state index contributed by atoms with van der Waals surface area (Å²) in [6.07, 6.45) is 6.27. The highest BCUT2D eigenvalue weighted by Crippen LogP contribution is 2.31. The fraction of sp³-hybridized carbons (Fsp3) is 0.559. The number of pyridine rings is 1. The highest BCUT2D eigenvalue weighted by Gasteiger charge is 2.44. The van der Waals surface area contributed by atoms with Crippen molar-refractivity contribution in [2.75, 3.05) is 45.7 Å². The van der Waals surface area contributed by atoms with Crippen LogP contribution in [0.4, 0.5) is 14.5 Å². The Hall–Kier alpha value is -4.13. The molecule has 4 amide bonds. The lowest BCUT2D eigenvalue weighted by Crippen LogP contribution is -2.54. The van der Waals surface area contributed by atoms with Gasteiger partial charge in [-0.1, -0.05) is 44.7 Å². The zero-order valence-corrected chi connectivity index (χ0v) is 27.4. The average molecular weight is 657 g/mol. The zero-order valence-electron chi connectivity index (χ0n) is 27.4. The van der Waals surface area contributed by atoms with Crippen molar-refractivity contribution in [3.8, 4) is 5.88 Å². The molecule has 0 unspecified atom stereocenters. The Morgan fingerprint density at radius 3 is 2.19 bits per heavy atom. The molecule has 3 N–H and O–H groups in total. The van der Waals surface area contributed by atoms with Crippen LogP contribution in [0.15, 0.2) is 42.6 Å². The highest BCUT2D eigenvalue weighted by atomic mass is 19.3. The van der Waals surface area contributed by atoms with Crippen molar-refractivity contribution in [3.63, 3.8) is 0 Å². The van der Waals surface area contributed by atoms with Crippen LogP contribution in [0.5, 0.6) is 5.88 Å². The third kappa shape index (κ3) is 9.69. The van der Waals surface area contributed by atoms with Crippen LogP contribution in [-0.2, 0) is 31.5 Å². The molecule has 11 nitrogen and oxygen atoms in total. The Bertz CT molecular complexity index is 1360. The normalized spacial score (nSPS) is 17.6. The van der Waals surface area contributed by atoms with Gasteiger partial charge in [0.2, 0.25) is 23.6 Å². The number of hydrogen-bond acceptors (Lipinski definition) is 7. The molecule has 1 aliphatic heterocycles. The van der Waals surface area contributed by atoms with Gasteiger partial charge < -0.3 is 30.5 Å². The molecular formula is C34H46F2N6O5. The molecule has 2 heterocycles. The first-order chi connectivity index (χ1) is 22.5. The van der Waals surface area contributed by atoms with E-state index in [9.17, 15) is 19.2 Å². The van der Waals surface area contributed by atoms with Crippen LogP contribution in [0.1, 0.15) is 63.0 Å². The van der Waals surface area contributed by atoms with Crippen LogP contribution in [0.25, 0.3) is 0 Å². The van der Waals surface area contributed by atoms with Crippen molar-refractivity contribution >= 4 is 29.3 Å². The van der Waals surface area contributed by atoms with Crippen LogP contribution < -0.4 is 20.7 Å². The van der Waals surface area contributed by atoms with Crippen molar-refractivity contribution in [2.45, 2.75) is 76.3 Å². The largest absolute Gasteiger partial charge is 0.481 e. The Labute approximate surface area is 274 Å². The Kier molecular flexibility index (Phi) is 12.6. The molecule has 256 valence electrons. The van der Waals surface area contributed by atoms with Gasteiger partial charge in [0.1, 0.15) is 12.1 Å². The van der Waals surface area contributed by atoms with Crippen molar-refractivity contribution in [1.29, 1.82) is 0 Å². The van der Waals surface area contributed by atoms with Crippen molar-refractivity contribution in [3.05, 3.63) is 53.7 Å². The molecule has 0 radical (unpaired) electrons. The van der Waals surface area contributed by atoms with Crippen LogP contribution >= 0.6 is 0 Å². The number of rotatable bonds is 12. The number of ether oxygens (including phenoxy) is 1. The summed E-state index contributed by atoms with van der Waals surface area (Å²) in [5, 5.41) is 8.01. The van der Waals surface area contributed by atoms with Gasteiger partial charge in [0.25, 0.3) is 5.91 Å². The lowest BCUT2D eigenvalue weighted by atomic mass is 9.90. The predicted molar refractivity (Wildman–Crippen MR) is 173 cm³/mol. The second kappa shape index (κ2) is 16.6. The SMILES string of the molecule is CCC(=O)N[C@H](Cc1ccc(NC(=O)[C@@H](NC(=O)C(F)(F)c2ccc(OC)nc2)C2CCCCCC2)cc1)C(=O)N1CCN(C)CC1. The standard InChI is InChI=1S/C34H46F2N6O5/c1-4-28(43)39-27(32(45)42-19-17-41(2)18-20-42)21-23-11-14-26(15-12-23)38-31(44)30(24-9-7-5-6-8-10-24)40-33(46)34(35,36)25-13-16-29(47-3)37-22-25/h11-16,22,24,27,30H,4-10,17-21H2,1-3H3,(H,38,44)(H,39,43)(H,40,46)/t27-,30+/m1/s1. The summed E-state index contributed by atoms with van der Waals surface area (Å²) in [5.41, 5.74) is 0.580. The lowest BCUT2D eigenvalue weighted by molar-refractivity contribution is -0.149. The Morgan fingerprint density at radius 1 is 0.957 bits per heavy atom. The molecule has 2 aromatic rings. The fourth-order valence-electron chi connectivity index (χ4n) is 6.02. The van der Waals surface area contributed by atoms with E-state index in [0.29, 0.717) is 31.6 Å². The molecule has 0 bridgehead atoms. The number of anilines is 1. The number of amides is 4. The number of aromatic nitrogens is 1. The molecule has 1 saturated carbocycles. The minimum atomic E-state index is -3.92. The van der Waals surface area contributed by atoms with Gasteiger partial charge in [0, 0.05) is 62.5 Å². The van der Waals surface area contributed by atoms with E-state index in [2.05, 4.69) is 25.8 Å². The molecule has 1 saturated heterocycles. The molecule has 2 aliphatic rings. The summed E-state index contributed by atoms with van der Waals surface area (Å²) < 4.78 is 35.4. The minimum absolute atomic E-state index is 0.134. The second-order valence-electron chi connectivity index (χ2n) is 12.4. The molecule has 0 spiro atoms. The molecular weight excluding hydrogens is 610 g/mol. The first-order valence-electron chi connectivity index (χ1n) is 16.4. The molecule has 47 heavy (non-hydrogen) atoms. The monoisotopic (exact) mass is 656 g/mol. The lowest BCUT2D eigenvalue weighted by Gasteiger charge is -2.34. The number of likely N-dealkylation sites (N-methyl/N-ethyl adjacent to an activating group) is 1. The van der Waals surface area contributed by atoms with Crippen LogP contribution in [0.2, 0.25) is 0 Å². The third-order valence-electron chi connectivity index (χ3n) is 8.96. The predicted octanol–water partition coefficient (Wildman–Crippen LogP) is 3.49. The number of hydrogen-bond donors (Lipinski definition) is 3. The Balaban J connectivity index is 1.46. The summed E-state index contributed by atoms with van der Waals surface area (Å²) in [5.74, 6) is -6.61. The fourth-order valence-corrected chi connectivity index (χ4v) is 6.02. The second-order valence-corrected chi connectivity index (χ2v) is 12.4. The van der Waals surface area contributed by atoms with E-state index in [-0.39, 0.29) is 36.5 Å². The van der Waals surface area contributed by atoms with Crippen LogP contribution in [0.3, 0.4) is 0 Å². The number of alkyl halides is 2. The summed E-state index contributed by atoms with van der Waals surface area (Å²) in [6, 6.07) is 7.24. The van der Waals surface area contributed by atoms with Crippen molar-refractivity contribution in [2.24, 2.45) is 5.92 Å². The van der Waals surface area contributed by atoms with Gasteiger partial charge in [-0.15, -0.1) is 0 Å². The number of nitrogens with zero attached hydrogens (tertiary/aromatic N) is 3. The molecule has 13 heteroatoms. The van der Waals surface area contributed by atoms with Crippen LogP contribution in [0, 0.1) is 5.92 Å². The first kappa shape index (κ1) is 35.7. The van der Waals surface area contributed by atoms with Gasteiger partial charge in [0.05, 0.1) is 7.11 Å². The number of carbonyl (C=O) groups excluding carboxylic acids is 4. The van der Waals surface area contributed by atoms with Crippen molar-refractivity contribution < 1.29 is 32.7 Å². The zero-order chi connectivity index (χ0) is 34.0. The summed E-state index contributed by atoms with van der Waals surface area (Å²) >= 11 is 0. The average Bonchev–Trinajstić information content (AvgIpc) is 3.37. The van der Waals surface area contributed by atoms with Gasteiger partial charge >= 0.3 is 5.92 Å². The first-order valence-corrected chi connectivity index (χ1v) is 16.4. The number of carbonyl (C=O) groups is 4. The quantitative estimate of drug-likeness (QED) is 0.298. The van der Waals surface area contributed by atoms with Gasteiger partial charge in [-0.3, -0.25) is 19.2 Å². The van der Waals surface area contributed by atoms with Gasteiger partial charge in [-0.25, -0.2) is 4.98 Å². The number of methoxy groups -OCH3 is 1. The number of benzene rings is 1. The summed E-state index contributed by atoms with van der Waals surface area (Å²) in [4.78, 5) is 59.9. The Morgan fingerprint density at radius 2 is 1.62 bits per heavy atom. The van der Waals surface area contributed by atoms with E-state index < -0.39 is 35.4 Å². The van der Waals surface area contributed by atoms with E-state index in [1.54, 1.807) is 36.1 Å².